The van der Waals surface area contributed by atoms with E-state index in [-0.39, 0.29) is 30.4 Å². The molecule has 0 bridgehead atoms. The Hall–Kier alpha value is -3.23. The Morgan fingerprint density at radius 2 is 2.07 bits per heavy atom. The SMILES string of the molecule is O=C(CCCn1c(=O)[nH]c2ccccc2c1=O)Nc1n[nH]c(C2CCC2)n1. The number of carbonyl (C=O) groups is 1. The largest absolute Gasteiger partial charge is 0.328 e. The third kappa shape index (κ3) is 3.53. The van der Waals surface area contributed by atoms with Crippen LogP contribution in [-0.4, -0.2) is 30.6 Å². The Morgan fingerprint density at radius 3 is 2.85 bits per heavy atom. The minimum Gasteiger partial charge on any atom is -0.307 e. The van der Waals surface area contributed by atoms with Gasteiger partial charge in [0.05, 0.1) is 10.9 Å². The average molecular weight is 368 g/mol. The number of carbonyl (C=O) groups excluding carboxylic acids is 1. The van der Waals surface area contributed by atoms with Gasteiger partial charge in [0.25, 0.3) is 5.56 Å². The van der Waals surface area contributed by atoms with Gasteiger partial charge in [-0.05, 0) is 31.4 Å². The molecule has 1 saturated carbocycles. The number of anilines is 1. The highest BCUT2D eigenvalue weighted by Crippen LogP contribution is 2.34. The first-order valence-electron chi connectivity index (χ1n) is 9.06. The van der Waals surface area contributed by atoms with E-state index >= 15 is 0 Å². The van der Waals surface area contributed by atoms with E-state index in [9.17, 15) is 14.4 Å². The van der Waals surface area contributed by atoms with Crippen molar-refractivity contribution >= 4 is 22.8 Å². The van der Waals surface area contributed by atoms with Crippen LogP contribution in [0.15, 0.2) is 33.9 Å². The molecule has 4 rings (SSSR count). The van der Waals surface area contributed by atoms with Crippen LogP contribution in [0.25, 0.3) is 10.9 Å². The number of para-hydroxylation sites is 1. The number of rotatable bonds is 6. The molecule has 1 amide bonds. The second-order valence-electron chi connectivity index (χ2n) is 6.76. The van der Waals surface area contributed by atoms with Crippen LogP contribution in [0.3, 0.4) is 0 Å². The van der Waals surface area contributed by atoms with E-state index in [4.69, 9.17) is 0 Å². The van der Waals surface area contributed by atoms with Crippen molar-refractivity contribution in [2.45, 2.75) is 44.6 Å². The molecule has 2 aromatic heterocycles. The van der Waals surface area contributed by atoms with Crippen LogP contribution >= 0.6 is 0 Å². The first kappa shape index (κ1) is 17.2. The van der Waals surface area contributed by atoms with Crippen LogP contribution in [0.1, 0.15) is 43.8 Å². The van der Waals surface area contributed by atoms with Crippen LogP contribution in [-0.2, 0) is 11.3 Å². The number of amides is 1. The first-order valence-corrected chi connectivity index (χ1v) is 9.06. The molecule has 140 valence electrons. The Kier molecular flexibility index (Phi) is 4.57. The van der Waals surface area contributed by atoms with Gasteiger partial charge < -0.3 is 4.98 Å². The van der Waals surface area contributed by atoms with Gasteiger partial charge in [0.2, 0.25) is 11.9 Å². The van der Waals surface area contributed by atoms with Gasteiger partial charge in [-0.15, -0.1) is 5.10 Å². The third-order valence-electron chi connectivity index (χ3n) is 4.92. The molecule has 0 atom stereocenters. The molecule has 9 heteroatoms. The van der Waals surface area contributed by atoms with Crippen molar-refractivity contribution in [2.75, 3.05) is 5.32 Å². The highest BCUT2D eigenvalue weighted by atomic mass is 16.2. The van der Waals surface area contributed by atoms with Gasteiger partial charge in [0, 0.05) is 18.9 Å². The van der Waals surface area contributed by atoms with E-state index in [1.165, 1.54) is 6.42 Å². The summed E-state index contributed by atoms with van der Waals surface area (Å²) in [6.07, 6.45) is 3.90. The number of nitrogens with one attached hydrogen (secondary N) is 3. The number of H-pyrrole nitrogens is 2. The maximum Gasteiger partial charge on any atom is 0.328 e. The molecule has 3 aromatic rings. The second-order valence-corrected chi connectivity index (χ2v) is 6.76. The summed E-state index contributed by atoms with van der Waals surface area (Å²) in [5.74, 6) is 1.24. The fraction of sp³-hybridized carbons (Fsp3) is 0.389. The predicted molar refractivity (Wildman–Crippen MR) is 99.7 cm³/mol. The standard InChI is InChI=1S/C18H20N6O3/c25-14(20-17-21-15(22-23-17)11-5-3-6-11)9-4-10-24-16(26)12-7-1-2-8-13(12)19-18(24)27/h1-2,7-8,11H,3-6,9-10H2,(H,19,27)(H2,20,21,22,23,25). The Morgan fingerprint density at radius 1 is 1.26 bits per heavy atom. The van der Waals surface area contributed by atoms with Crippen LogP contribution in [0.4, 0.5) is 5.95 Å². The van der Waals surface area contributed by atoms with Gasteiger partial charge in [0.1, 0.15) is 5.82 Å². The van der Waals surface area contributed by atoms with Crippen molar-refractivity contribution in [3.8, 4) is 0 Å². The average Bonchev–Trinajstić information content (AvgIpc) is 3.04. The Bertz CT molecular complexity index is 1090. The highest BCUT2D eigenvalue weighted by Gasteiger charge is 2.23. The lowest BCUT2D eigenvalue weighted by Crippen LogP contribution is -2.35. The summed E-state index contributed by atoms with van der Waals surface area (Å²) in [6.45, 7) is 0.160. The zero-order valence-corrected chi connectivity index (χ0v) is 14.7. The van der Waals surface area contributed by atoms with E-state index < -0.39 is 5.69 Å². The summed E-state index contributed by atoms with van der Waals surface area (Å²) in [5.41, 5.74) is -0.319. The maximum absolute atomic E-state index is 12.4. The summed E-state index contributed by atoms with van der Waals surface area (Å²) in [7, 11) is 0. The number of benzene rings is 1. The topological polar surface area (TPSA) is 126 Å². The predicted octanol–water partition coefficient (Wildman–Crippen LogP) is 1.49. The monoisotopic (exact) mass is 368 g/mol. The molecular weight excluding hydrogens is 348 g/mol. The van der Waals surface area contributed by atoms with Gasteiger partial charge in [-0.1, -0.05) is 18.6 Å². The molecule has 0 spiro atoms. The minimum absolute atomic E-state index is 0.159. The van der Waals surface area contributed by atoms with Crippen molar-refractivity contribution < 1.29 is 4.79 Å². The third-order valence-corrected chi connectivity index (χ3v) is 4.92. The molecule has 0 unspecified atom stereocenters. The highest BCUT2D eigenvalue weighted by molar-refractivity contribution is 5.88. The van der Waals surface area contributed by atoms with Crippen molar-refractivity contribution in [2.24, 2.45) is 0 Å². The molecule has 1 aliphatic rings. The summed E-state index contributed by atoms with van der Waals surface area (Å²) >= 11 is 0. The minimum atomic E-state index is -0.474. The lowest BCUT2D eigenvalue weighted by Gasteiger charge is -2.22. The molecule has 27 heavy (non-hydrogen) atoms. The summed E-state index contributed by atoms with van der Waals surface area (Å²) in [5, 5.41) is 9.96. The smallest absolute Gasteiger partial charge is 0.307 e. The van der Waals surface area contributed by atoms with Gasteiger partial charge in [-0.3, -0.25) is 24.6 Å². The van der Waals surface area contributed by atoms with E-state index in [1.807, 2.05) is 0 Å². The fourth-order valence-electron chi connectivity index (χ4n) is 3.18. The van der Waals surface area contributed by atoms with Crippen LogP contribution < -0.4 is 16.6 Å². The van der Waals surface area contributed by atoms with E-state index in [0.717, 1.165) is 23.2 Å². The zero-order valence-electron chi connectivity index (χ0n) is 14.7. The molecule has 1 aromatic carbocycles. The van der Waals surface area contributed by atoms with Gasteiger partial charge >= 0.3 is 5.69 Å². The van der Waals surface area contributed by atoms with Crippen LogP contribution in [0.2, 0.25) is 0 Å². The quantitative estimate of drug-likeness (QED) is 0.608. The van der Waals surface area contributed by atoms with Gasteiger partial charge in [-0.25, -0.2) is 4.79 Å². The van der Waals surface area contributed by atoms with Crippen LogP contribution in [0, 0.1) is 0 Å². The molecule has 1 aliphatic carbocycles. The normalized spacial score (nSPS) is 14.2. The number of nitrogens with zero attached hydrogens (tertiary/aromatic N) is 3. The summed E-state index contributed by atoms with van der Waals surface area (Å²) in [4.78, 5) is 43.6. The molecule has 9 nitrogen and oxygen atoms in total. The van der Waals surface area contributed by atoms with Gasteiger partial charge in [0.15, 0.2) is 0 Å². The molecular formula is C18H20N6O3. The van der Waals surface area contributed by atoms with E-state index in [1.54, 1.807) is 24.3 Å². The zero-order chi connectivity index (χ0) is 18.8. The van der Waals surface area contributed by atoms with Crippen LogP contribution in [0.5, 0.6) is 0 Å². The Labute approximate surface area is 153 Å². The van der Waals surface area contributed by atoms with Crippen molar-refractivity contribution in [1.82, 2.24) is 24.7 Å². The van der Waals surface area contributed by atoms with E-state index in [2.05, 4.69) is 25.5 Å². The molecule has 0 saturated heterocycles. The Balaban J connectivity index is 1.36. The lowest BCUT2D eigenvalue weighted by molar-refractivity contribution is -0.116. The molecule has 1 fully saturated rings. The second kappa shape index (κ2) is 7.18. The molecule has 0 aliphatic heterocycles. The van der Waals surface area contributed by atoms with E-state index in [0.29, 0.717) is 23.2 Å². The van der Waals surface area contributed by atoms with Gasteiger partial charge in [-0.2, -0.15) is 4.98 Å². The number of aromatic nitrogens is 5. The molecule has 3 N–H and O–H groups in total. The van der Waals surface area contributed by atoms with Crippen molar-refractivity contribution in [3.05, 3.63) is 50.9 Å². The lowest BCUT2D eigenvalue weighted by atomic mass is 9.85. The number of hydrogen-bond acceptors (Lipinski definition) is 5. The number of hydrogen-bond donors (Lipinski definition) is 3. The fourth-order valence-corrected chi connectivity index (χ4v) is 3.18. The van der Waals surface area contributed by atoms with Crippen molar-refractivity contribution in [1.29, 1.82) is 0 Å². The summed E-state index contributed by atoms with van der Waals surface area (Å²) < 4.78 is 1.12. The summed E-state index contributed by atoms with van der Waals surface area (Å²) in [6, 6.07) is 6.85. The number of aromatic amines is 2. The maximum atomic E-state index is 12.4. The van der Waals surface area contributed by atoms with Crippen molar-refractivity contribution in [3.63, 3.8) is 0 Å². The number of fused-ring (bicyclic) bond motifs is 1. The molecule has 0 radical (unpaired) electrons. The first-order chi connectivity index (χ1) is 13.1. The molecule has 2 heterocycles.